The van der Waals surface area contributed by atoms with Crippen molar-refractivity contribution in [2.45, 2.75) is 44.5 Å². The SMILES string of the molecule is CSc1nc2c(C(C)=N[S@](=O)C(C)(C)C)cc(C)cc2c(=O)n1C. The Hall–Kier alpha value is -1.47. The highest BCUT2D eigenvalue weighted by Gasteiger charge is 2.20. The minimum atomic E-state index is -1.36. The second-order valence-corrected chi connectivity index (χ2v) is 9.39. The van der Waals surface area contributed by atoms with Gasteiger partial charge in [-0.2, -0.15) is 4.40 Å². The number of aryl methyl sites for hydroxylation is 1. The van der Waals surface area contributed by atoms with Crippen LogP contribution in [0.15, 0.2) is 26.5 Å². The van der Waals surface area contributed by atoms with Gasteiger partial charge in [0.2, 0.25) is 0 Å². The average Bonchev–Trinajstić information content (AvgIpc) is 2.49. The van der Waals surface area contributed by atoms with Gasteiger partial charge in [-0.15, -0.1) is 0 Å². The predicted octanol–water partition coefficient (Wildman–Crippen LogP) is 3.24. The molecule has 7 heteroatoms. The second kappa shape index (κ2) is 6.80. The molecular formula is C17H23N3O2S2. The fourth-order valence-corrected chi connectivity index (χ4v) is 3.43. The molecule has 1 heterocycles. The van der Waals surface area contributed by atoms with E-state index in [0.29, 0.717) is 21.8 Å². The Kier molecular flexibility index (Phi) is 5.34. The van der Waals surface area contributed by atoms with Crippen LogP contribution in [0.4, 0.5) is 0 Å². The number of hydrogen-bond acceptors (Lipinski definition) is 4. The lowest BCUT2D eigenvalue weighted by atomic mass is 10.0. The summed E-state index contributed by atoms with van der Waals surface area (Å²) in [4.78, 5) is 17.3. The number of thioether (sulfide) groups is 1. The molecule has 1 atom stereocenters. The molecule has 0 aliphatic rings. The van der Waals surface area contributed by atoms with Crippen LogP contribution in [0.2, 0.25) is 0 Å². The third-order valence-electron chi connectivity index (χ3n) is 3.60. The fraction of sp³-hybridized carbons (Fsp3) is 0.471. The monoisotopic (exact) mass is 365 g/mol. The molecular weight excluding hydrogens is 342 g/mol. The topological polar surface area (TPSA) is 64.3 Å². The molecule has 0 saturated heterocycles. The van der Waals surface area contributed by atoms with Crippen molar-refractivity contribution in [2.24, 2.45) is 11.4 Å². The fourth-order valence-electron chi connectivity index (χ4n) is 2.27. The van der Waals surface area contributed by atoms with E-state index in [1.807, 2.05) is 53.0 Å². The van der Waals surface area contributed by atoms with E-state index < -0.39 is 15.7 Å². The van der Waals surface area contributed by atoms with Crippen molar-refractivity contribution in [1.82, 2.24) is 9.55 Å². The first-order chi connectivity index (χ1) is 11.1. The van der Waals surface area contributed by atoms with E-state index in [2.05, 4.69) is 9.38 Å². The number of fused-ring (bicyclic) bond motifs is 1. The minimum Gasteiger partial charge on any atom is -0.290 e. The maximum atomic E-state index is 12.6. The molecule has 5 nitrogen and oxygen atoms in total. The van der Waals surface area contributed by atoms with Gasteiger partial charge in [-0.05, 0) is 58.6 Å². The normalized spacial score (nSPS) is 14.2. The standard InChI is InChI=1S/C17H23N3O2S2/c1-10-8-12(11(2)19-24(22)17(3,4)5)14-13(9-10)15(21)20(6)16(18-14)23-7/h8-9H,1-7H3/t24-/m1/s1. The maximum Gasteiger partial charge on any atom is 0.261 e. The zero-order valence-corrected chi connectivity index (χ0v) is 16.8. The van der Waals surface area contributed by atoms with Gasteiger partial charge >= 0.3 is 0 Å². The number of benzene rings is 1. The number of rotatable bonds is 3. The quantitative estimate of drug-likeness (QED) is 0.476. The van der Waals surface area contributed by atoms with E-state index in [-0.39, 0.29) is 5.56 Å². The Bertz CT molecular complexity index is 909. The molecule has 130 valence electrons. The van der Waals surface area contributed by atoms with Crippen LogP contribution in [0.5, 0.6) is 0 Å². The highest BCUT2D eigenvalue weighted by molar-refractivity contribution is 7.98. The van der Waals surface area contributed by atoms with Crippen molar-refractivity contribution >= 4 is 39.4 Å². The molecule has 1 aromatic heterocycles. The van der Waals surface area contributed by atoms with E-state index in [1.54, 1.807) is 11.6 Å². The first-order valence-corrected chi connectivity index (χ1v) is 9.92. The van der Waals surface area contributed by atoms with E-state index in [9.17, 15) is 9.00 Å². The van der Waals surface area contributed by atoms with E-state index >= 15 is 0 Å². The van der Waals surface area contributed by atoms with E-state index in [1.165, 1.54) is 11.8 Å². The van der Waals surface area contributed by atoms with Gasteiger partial charge in [0, 0.05) is 12.6 Å². The molecule has 0 bridgehead atoms. The number of hydrogen-bond donors (Lipinski definition) is 0. The molecule has 2 rings (SSSR count). The molecule has 0 radical (unpaired) electrons. The van der Waals surface area contributed by atoms with Gasteiger partial charge in [0.1, 0.15) is 11.0 Å². The van der Waals surface area contributed by atoms with Crippen LogP contribution in [-0.4, -0.2) is 30.5 Å². The lowest BCUT2D eigenvalue weighted by molar-refractivity contribution is 0.650. The predicted molar refractivity (Wildman–Crippen MR) is 104 cm³/mol. The number of aromatic nitrogens is 2. The third-order valence-corrected chi connectivity index (χ3v) is 5.82. The van der Waals surface area contributed by atoms with Crippen molar-refractivity contribution in [3.8, 4) is 0 Å². The molecule has 0 unspecified atom stereocenters. The van der Waals surface area contributed by atoms with Crippen LogP contribution in [-0.2, 0) is 18.0 Å². The van der Waals surface area contributed by atoms with E-state index in [0.717, 1.165) is 11.1 Å². The zero-order valence-electron chi connectivity index (χ0n) is 15.1. The summed E-state index contributed by atoms with van der Waals surface area (Å²) >= 11 is 1.42. The molecule has 0 aliphatic carbocycles. The highest BCUT2D eigenvalue weighted by Crippen LogP contribution is 2.22. The Balaban J connectivity index is 2.80. The summed E-state index contributed by atoms with van der Waals surface area (Å²) in [5.74, 6) is 0. The van der Waals surface area contributed by atoms with Gasteiger partial charge in [0.15, 0.2) is 5.16 Å². The largest absolute Gasteiger partial charge is 0.290 e. The maximum absolute atomic E-state index is 12.6. The number of nitrogens with zero attached hydrogens (tertiary/aromatic N) is 3. The first-order valence-electron chi connectivity index (χ1n) is 7.59. The zero-order chi connectivity index (χ0) is 18.2. The van der Waals surface area contributed by atoms with Crippen LogP contribution in [0.1, 0.15) is 38.8 Å². The molecule has 0 fully saturated rings. The molecule has 2 aromatic rings. The van der Waals surface area contributed by atoms with Gasteiger partial charge in [-0.25, -0.2) is 9.19 Å². The first kappa shape index (κ1) is 18.9. The van der Waals surface area contributed by atoms with Gasteiger partial charge < -0.3 is 0 Å². The van der Waals surface area contributed by atoms with Crippen molar-refractivity contribution in [1.29, 1.82) is 0 Å². The molecule has 0 N–H and O–H groups in total. The molecule has 1 aromatic carbocycles. The summed E-state index contributed by atoms with van der Waals surface area (Å²) in [7, 11) is 0.358. The van der Waals surface area contributed by atoms with Crippen molar-refractivity contribution in [3.63, 3.8) is 0 Å². The average molecular weight is 366 g/mol. The van der Waals surface area contributed by atoms with Crippen molar-refractivity contribution in [2.75, 3.05) is 6.26 Å². The summed E-state index contributed by atoms with van der Waals surface area (Å²) < 4.78 is 17.8. The molecule has 0 amide bonds. The smallest absolute Gasteiger partial charge is 0.261 e. The van der Waals surface area contributed by atoms with Crippen molar-refractivity contribution < 1.29 is 4.21 Å². The summed E-state index contributed by atoms with van der Waals surface area (Å²) in [5.41, 5.74) is 2.86. The van der Waals surface area contributed by atoms with Crippen LogP contribution >= 0.6 is 11.8 Å². The molecule has 0 saturated carbocycles. The Morgan fingerprint density at radius 1 is 1.33 bits per heavy atom. The summed E-state index contributed by atoms with van der Waals surface area (Å²) in [5, 5.41) is 1.20. The van der Waals surface area contributed by atoms with E-state index in [4.69, 9.17) is 0 Å². The highest BCUT2D eigenvalue weighted by atomic mass is 32.2. The van der Waals surface area contributed by atoms with Crippen molar-refractivity contribution in [3.05, 3.63) is 33.6 Å². The lowest BCUT2D eigenvalue weighted by Gasteiger charge is -2.15. The lowest BCUT2D eigenvalue weighted by Crippen LogP contribution is -2.22. The van der Waals surface area contributed by atoms with Gasteiger partial charge in [0.05, 0.1) is 21.4 Å². The third kappa shape index (κ3) is 3.62. The van der Waals surface area contributed by atoms with Gasteiger partial charge in [-0.3, -0.25) is 9.36 Å². The van der Waals surface area contributed by atoms with Crippen LogP contribution < -0.4 is 5.56 Å². The summed E-state index contributed by atoms with van der Waals surface area (Å²) in [6.45, 7) is 9.39. The Labute approximate surface area is 149 Å². The minimum absolute atomic E-state index is 0.0842. The Morgan fingerprint density at radius 2 is 1.96 bits per heavy atom. The van der Waals surface area contributed by atoms with Gasteiger partial charge in [-0.1, -0.05) is 11.8 Å². The van der Waals surface area contributed by atoms with Crippen LogP contribution in [0, 0.1) is 6.92 Å². The second-order valence-electron chi connectivity index (χ2n) is 6.71. The molecule has 0 aliphatic heterocycles. The van der Waals surface area contributed by atoms with Crippen LogP contribution in [0.3, 0.4) is 0 Å². The van der Waals surface area contributed by atoms with Crippen LogP contribution in [0.25, 0.3) is 10.9 Å². The molecule has 24 heavy (non-hydrogen) atoms. The summed E-state index contributed by atoms with van der Waals surface area (Å²) in [6, 6.07) is 3.78. The Morgan fingerprint density at radius 3 is 2.50 bits per heavy atom. The van der Waals surface area contributed by atoms with Gasteiger partial charge in [0.25, 0.3) is 5.56 Å². The summed E-state index contributed by atoms with van der Waals surface area (Å²) in [6.07, 6.45) is 1.89. The molecule has 0 spiro atoms.